The topological polar surface area (TPSA) is 29.9 Å². The molecule has 1 N–H and O–H groups in total. The number of benzene rings is 1. The fourth-order valence-electron chi connectivity index (χ4n) is 2.91. The fourth-order valence-corrected chi connectivity index (χ4v) is 3.26. The van der Waals surface area contributed by atoms with Gasteiger partial charge in [0.15, 0.2) is 4.77 Å². The number of imidazole rings is 1. The molecule has 1 aromatic heterocycles. The van der Waals surface area contributed by atoms with Crippen LogP contribution in [0.4, 0.5) is 0 Å². The van der Waals surface area contributed by atoms with E-state index in [1.165, 1.54) is 11.1 Å². The van der Waals surface area contributed by atoms with E-state index in [2.05, 4.69) is 41.6 Å². The van der Waals surface area contributed by atoms with Gasteiger partial charge in [-0.05, 0) is 50.5 Å². The molecule has 3 nitrogen and oxygen atoms in total. The number of aryl methyl sites for hydroxylation is 1. The number of rotatable bonds is 1. The first-order chi connectivity index (χ1) is 8.66. The van der Waals surface area contributed by atoms with Crippen molar-refractivity contribution < 1.29 is 4.74 Å². The Labute approximate surface area is 112 Å². The third-order valence-corrected chi connectivity index (χ3v) is 4.06. The number of fused-ring (bicyclic) bond motifs is 1. The predicted octanol–water partition coefficient (Wildman–Crippen LogP) is 3.75. The molecule has 2 heterocycles. The van der Waals surface area contributed by atoms with Gasteiger partial charge in [0.25, 0.3) is 0 Å². The summed E-state index contributed by atoms with van der Waals surface area (Å²) in [6, 6.07) is 6.76. The van der Waals surface area contributed by atoms with Crippen molar-refractivity contribution in [3.63, 3.8) is 0 Å². The summed E-state index contributed by atoms with van der Waals surface area (Å²) in [6.45, 7) is 5.10. The summed E-state index contributed by atoms with van der Waals surface area (Å²) in [5.41, 5.74) is 3.67. The van der Waals surface area contributed by atoms with Gasteiger partial charge in [-0.3, -0.25) is 0 Å². The summed E-state index contributed by atoms with van der Waals surface area (Å²) in [7, 11) is 0. The van der Waals surface area contributed by atoms with Crippen LogP contribution in [0.15, 0.2) is 18.2 Å². The number of H-pyrrole nitrogens is 1. The summed E-state index contributed by atoms with van der Waals surface area (Å²) >= 11 is 5.50. The van der Waals surface area contributed by atoms with E-state index in [0.717, 1.165) is 29.7 Å². The Balaban J connectivity index is 2.16. The van der Waals surface area contributed by atoms with Crippen molar-refractivity contribution in [1.29, 1.82) is 0 Å². The Morgan fingerprint density at radius 2 is 2.28 bits per heavy atom. The van der Waals surface area contributed by atoms with Gasteiger partial charge < -0.3 is 14.3 Å². The summed E-state index contributed by atoms with van der Waals surface area (Å²) < 4.78 is 8.75. The lowest BCUT2D eigenvalue weighted by molar-refractivity contribution is 0.00646. The second kappa shape index (κ2) is 4.52. The zero-order valence-corrected chi connectivity index (χ0v) is 11.6. The molecule has 2 unspecified atom stereocenters. The Kier molecular flexibility index (Phi) is 2.99. The van der Waals surface area contributed by atoms with E-state index in [9.17, 15) is 0 Å². The predicted molar refractivity (Wildman–Crippen MR) is 75.5 cm³/mol. The minimum absolute atomic E-state index is 0.319. The quantitative estimate of drug-likeness (QED) is 0.793. The molecule has 2 atom stereocenters. The third-order valence-electron chi connectivity index (χ3n) is 3.76. The molecule has 0 radical (unpaired) electrons. The Bertz CT molecular complexity index is 628. The highest BCUT2D eigenvalue weighted by Gasteiger charge is 2.23. The first-order valence-corrected chi connectivity index (χ1v) is 6.89. The zero-order valence-electron chi connectivity index (χ0n) is 10.8. The Hall–Kier alpha value is -1.13. The molecule has 1 saturated heterocycles. The lowest BCUT2D eigenvalue weighted by atomic mass is 10.0. The Morgan fingerprint density at radius 3 is 3.06 bits per heavy atom. The number of ether oxygens (including phenoxy) is 1. The van der Waals surface area contributed by atoms with Crippen molar-refractivity contribution in [3.05, 3.63) is 28.5 Å². The molecule has 96 valence electrons. The lowest BCUT2D eigenvalue weighted by Crippen LogP contribution is -2.25. The highest BCUT2D eigenvalue weighted by Crippen LogP contribution is 2.30. The zero-order chi connectivity index (χ0) is 12.7. The average molecular weight is 262 g/mol. The summed E-state index contributed by atoms with van der Waals surface area (Å²) in [5.74, 6) is 0. The van der Waals surface area contributed by atoms with Gasteiger partial charge in [0.05, 0.1) is 17.1 Å². The average Bonchev–Trinajstić information content (AvgIpc) is 2.67. The van der Waals surface area contributed by atoms with Crippen LogP contribution in [-0.2, 0) is 4.74 Å². The standard InChI is InChI=1S/C14H18N2OS/c1-9-4-3-5-12-13(9)16(14(18)15-12)11-6-7-17-10(2)8-11/h3-5,10-11H,6-8H2,1-2H3,(H,15,18). The monoisotopic (exact) mass is 262 g/mol. The molecule has 1 fully saturated rings. The highest BCUT2D eigenvalue weighted by atomic mass is 32.1. The van der Waals surface area contributed by atoms with E-state index in [4.69, 9.17) is 17.0 Å². The number of aromatic nitrogens is 2. The molecule has 0 spiro atoms. The van der Waals surface area contributed by atoms with Gasteiger partial charge in [0.2, 0.25) is 0 Å². The van der Waals surface area contributed by atoms with Crippen LogP contribution in [0.5, 0.6) is 0 Å². The maximum absolute atomic E-state index is 5.63. The molecule has 0 bridgehead atoms. The minimum Gasteiger partial charge on any atom is -0.378 e. The van der Waals surface area contributed by atoms with Gasteiger partial charge in [-0.1, -0.05) is 12.1 Å². The molecular formula is C14H18N2OS. The maximum Gasteiger partial charge on any atom is 0.178 e. The summed E-state index contributed by atoms with van der Waals surface area (Å²) in [6.07, 6.45) is 2.40. The van der Waals surface area contributed by atoms with E-state index in [0.29, 0.717) is 12.1 Å². The smallest absolute Gasteiger partial charge is 0.178 e. The van der Waals surface area contributed by atoms with Gasteiger partial charge >= 0.3 is 0 Å². The molecule has 1 aromatic carbocycles. The molecule has 3 rings (SSSR count). The number of nitrogens with zero attached hydrogens (tertiary/aromatic N) is 1. The molecule has 2 aromatic rings. The first-order valence-electron chi connectivity index (χ1n) is 6.48. The number of hydrogen-bond acceptors (Lipinski definition) is 2. The normalized spacial score (nSPS) is 24.6. The van der Waals surface area contributed by atoms with Crippen molar-refractivity contribution >= 4 is 23.3 Å². The van der Waals surface area contributed by atoms with Gasteiger partial charge in [0, 0.05) is 12.6 Å². The van der Waals surface area contributed by atoms with E-state index >= 15 is 0 Å². The van der Waals surface area contributed by atoms with Gasteiger partial charge in [-0.25, -0.2) is 0 Å². The van der Waals surface area contributed by atoms with Gasteiger partial charge in [-0.15, -0.1) is 0 Å². The fraction of sp³-hybridized carbons (Fsp3) is 0.500. The number of hydrogen-bond donors (Lipinski definition) is 1. The van der Waals surface area contributed by atoms with Crippen LogP contribution in [0.25, 0.3) is 11.0 Å². The van der Waals surface area contributed by atoms with Crippen molar-refractivity contribution in [2.45, 2.75) is 38.8 Å². The number of para-hydroxylation sites is 1. The van der Waals surface area contributed by atoms with Crippen molar-refractivity contribution in [2.24, 2.45) is 0 Å². The Morgan fingerprint density at radius 1 is 1.44 bits per heavy atom. The van der Waals surface area contributed by atoms with Crippen LogP contribution in [0.1, 0.15) is 31.4 Å². The van der Waals surface area contributed by atoms with E-state index in [1.54, 1.807) is 0 Å². The third kappa shape index (κ3) is 1.89. The minimum atomic E-state index is 0.319. The van der Waals surface area contributed by atoms with Crippen LogP contribution in [-0.4, -0.2) is 22.3 Å². The largest absolute Gasteiger partial charge is 0.378 e. The molecule has 0 amide bonds. The van der Waals surface area contributed by atoms with Crippen LogP contribution >= 0.6 is 12.2 Å². The molecule has 18 heavy (non-hydrogen) atoms. The SMILES string of the molecule is Cc1cccc2[nH]c(=S)n(C3CCOC(C)C3)c12. The highest BCUT2D eigenvalue weighted by molar-refractivity contribution is 7.71. The summed E-state index contributed by atoms with van der Waals surface area (Å²) in [4.78, 5) is 3.32. The molecule has 0 aliphatic carbocycles. The molecule has 0 saturated carbocycles. The van der Waals surface area contributed by atoms with E-state index in [1.807, 2.05) is 0 Å². The molecule has 4 heteroatoms. The van der Waals surface area contributed by atoms with Crippen molar-refractivity contribution in [3.8, 4) is 0 Å². The molecule has 1 aliphatic heterocycles. The molecule has 1 aliphatic rings. The number of nitrogens with one attached hydrogen (secondary N) is 1. The number of aromatic amines is 1. The van der Waals surface area contributed by atoms with Crippen LogP contribution < -0.4 is 0 Å². The van der Waals surface area contributed by atoms with Crippen LogP contribution in [0, 0.1) is 11.7 Å². The summed E-state index contributed by atoms with van der Waals surface area (Å²) in [5, 5.41) is 0. The van der Waals surface area contributed by atoms with E-state index in [-0.39, 0.29) is 0 Å². The molecular weight excluding hydrogens is 244 g/mol. The van der Waals surface area contributed by atoms with Gasteiger partial charge in [-0.2, -0.15) is 0 Å². The second-order valence-electron chi connectivity index (χ2n) is 5.13. The van der Waals surface area contributed by atoms with Crippen LogP contribution in [0.2, 0.25) is 0 Å². The van der Waals surface area contributed by atoms with E-state index < -0.39 is 0 Å². The second-order valence-corrected chi connectivity index (χ2v) is 5.52. The lowest BCUT2D eigenvalue weighted by Gasteiger charge is -2.29. The maximum atomic E-state index is 5.63. The van der Waals surface area contributed by atoms with Crippen molar-refractivity contribution in [2.75, 3.05) is 6.61 Å². The van der Waals surface area contributed by atoms with Gasteiger partial charge in [0.1, 0.15) is 0 Å². The van der Waals surface area contributed by atoms with Crippen molar-refractivity contribution in [1.82, 2.24) is 9.55 Å². The van der Waals surface area contributed by atoms with Crippen LogP contribution in [0.3, 0.4) is 0 Å². The first kappa shape index (κ1) is 11.9.